The zero-order chi connectivity index (χ0) is 13.6. The number of hydrogen-bond donors (Lipinski definition) is 1. The van der Waals surface area contributed by atoms with E-state index >= 15 is 0 Å². The van der Waals surface area contributed by atoms with E-state index in [4.69, 9.17) is 0 Å². The zero-order valence-electron chi connectivity index (χ0n) is 10.8. The van der Waals surface area contributed by atoms with Crippen molar-refractivity contribution in [2.75, 3.05) is 6.54 Å². The maximum atomic E-state index is 12.1. The van der Waals surface area contributed by atoms with Crippen LogP contribution in [0.2, 0.25) is 0 Å². The summed E-state index contributed by atoms with van der Waals surface area (Å²) in [5.74, 6) is 0.439. The summed E-state index contributed by atoms with van der Waals surface area (Å²) >= 11 is 0. The van der Waals surface area contributed by atoms with E-state index in [9.17, 15) is 13.2 Å². The van der Waals surface area contributed by atoms with Crippen molar-refractivity contribution in [1.82, 2.24) is 5.32 Å². The Morgan fingerprint density at radius 3 is 2.22 bits per heavy atom. The monoisotopic (exact) mass is 259 g/mol. The summed E-state index contributed by atoms with van der Waals surface area (Å²) in [4.78, 5) is 0. The van der Waals surface area contributed by atoms with E-state index in [1.807, 2.05) is 30.3 Å². The lowest BCUT2D eigenvalue weighted by Crippen LogP contribution is -2.27. The van der Waals surface area contributed by atoms with Crippen LogP contribution in [0.25, 0.3) is 0 Å². The Kier molecular flexibility index (Phi) is 5.66. The van der Waals surface area contributed by atoms with Gasteiger partial charge in [-0.25, -0.2) is 0 Å². The fourth-order valence-corrected chi connectivity index (χ4v) is 1.88. The van der Waals surface area contributed by atoms with E-state index in [1.54, 1.807) is 0 Å². The normalized spacial score (nSPS) is 13.9. The van der Waals surface area contributed by atoms with Crippen LogP contribution in [0.1, 0.15) is 38.3 Å². The van der Waals surface area contributed by atoms with Crippen LogP contribution in [-0.2, 0) is 0 Å². The zero-order valence-corrected chi connectivity index (χ0v) is 10.8. The van der Waals surface area contributed by atoms with Crippen LogP contribution < -0.4 is 5.32 Å². The molecule has 0 radical (unpaired) electrons. The summed E-state index contributed by atoms with van der Waals surface area (Å²) in [5.41, 5.74) is 1.05. The van der Waals surface area contributed by atoms with Crippen LogP contribution in [-0.4, -0.2) is 12.7 Å². The lowest BCUT2D eigenvalue weighted by Gasteiger charge is -2.21. The third kappa shape index (κ3) is 6.05. The molecule has 18 heavy (non-hydrogen) atoms. The van der Waals surface area contributed by atoms with E-state index in [-0.39, 0.29) is 12.6 Å². The second-order valence-corrected chi connectivity index (χ2v) is 4.91. The Balaban J connectivity index is 2.57. The Morgan fingerprint density at radius 1 is 1.11 bits per heavy atom. The lowest BCUT2D eigenvalue weighted by atomic mass is 9.97. The molecule has 1 rings (SSSR count). The molecule has 0 saturated carbocycles. The Hall–Kier alpha value is -1.03. The molecule has 0 aliphatic heterocycles. The quantitative estimate of drug-likeness (QED) is 0.802. The summed E-state index contributed by atoms with van der Waals surface area (Å²) in [6.45, 7) is 4.11. The Labute approximate surface area is 106 Å². The predicted molar refractivity (Wildman–Crippen MR) is 67.3 cm³/mol. The summed E-state index contributed by atoms with van der Waals surface area (Å²) in [6.07, 6.45) is -4.04. The van der Waals surface area contributed by atoms with Gasteiger partial charge in [0, 0.05) is 12.6 Å². The first-order chi connectivity index (χ1) is 8.38. The predicted octanol–water partition coefficient (Wildman–Crippen LogP) is 4.32. The summed E-state index contributed by atoms with van der Waals surface area (Å²) in [5, 5.41) is 3.00. The van der Waals surface area contributed by atoms with Gasteiger partial charge in [0.05, 0.1) is 6.42 Å². The highest BCUT2D eigenvalue weighted by atomic mass is 19.4. The van der Waals surface area contributed by atoms with Crippen molar-refractivity contribution in [3.63, 3.8) is 0 Å². The molecule has 1 nitrogen and oxygen atoms in total. The highest BCUT2D eigenvalue weighted by Crippen LogP contribution is 2.23. The molecule has 1 aromatic rings. The van der Waals surface area contributed by atoms with Gasteiger partial charge in [0.1, 0.15) is 0 Å². The maximum Gasteiger partial charge on any atom is 0.390 e. The molecule has 1 aromatic carbocycles. The van der Waals surface area contributed by atoms with Crippen molar-refractivity contribution in [2.24, 2.45) is 5.92 Å². The van der Waals surface area contributed by atoms with Crippen molar-refractivity contribution >= 4 is 0 Å². The molecule has 1 N–H and O–H groups in total. The summed E-state index contributed by atoms with van der Waals surface area (Å²) in [7, 11) is 0. The molecule has 0 saturated heterocycles. The molecule has 0 amide bonds. The average molecular weight is 259 g/mol. The van der Waals surface area contributed by atoms with Gasteiger partial charge in [-0.15, -0.1) is 0 Å². The molecule has 102 valence electrons. The van der Waals surface area contributed by atoms with Gasteiger partial charge < -0.3 is 5.32 Å². The number of benzene rings is 1. The standard InChI is InChI=1S/C14H20F3N/c1-11(2)10-13(12-6-4-3-5-7-12)18-9-8-14(15,16)17/h3-7,11,13,18H,8-10H2,1-2H3. The highest BCUT2D eigenvalue weighted by Gasteiger charge is 2.26. The van der Waals surface area contributed by atoms with Crippen molar-refractivity contribution in [2.45, 2.75) is 38.9 Å². The van der Waals surface area contributed by atoms with E-state index in [0.29, 0.717) is 5.92 Å². The first kappa shape index (κ1) is 15.0. The minimum Gasteiger partial charge on any atom is -0.310 e. The molecular formula is C14H20F3N. The number of rotatable bonds is 6. The number of nitrogens with one attached hydrogen (secondary N) is 1. The topological polar surface area (TPSA) is 12.0 Å². The highest BCUT2D eigenvalue weighted by molar-refractivity contribution is 5.18. The molecule has 0 aromatic heterocycles. The number of alkyl halides is 3. The minimum atomic E-state index is -4.09. The lowest BCUT2D eigenvalue weighted by molar-refractivity contribution is -0.133. The van der Waals surface area contributed by atoms with Crippen LogP contribution >= 0.6 is 0 Å². The molecule has 0 aliphatic carbocycles. The minimum absolute atomic E-state index is 0.00597. The van der Waals surface area contributed by atoms with Crippen molar-refractivity contribution in [1.29, 1.82) is 0 Å². The first-order valence-electron chi connectivity index (χ1n) is 6.23. The second kappa shape index (κ2) is 6.78. The molecule has 0 fully saturated rings. The van der Waals surface area contributed by atoms with Crippen LogP contribution in [0, 0.1) is 5.92 Å². The Bertz CT molecular complexity index is 333. The summed E-state index contributed by atoms with van der Waals surface area (Å²) < 4.78 is 36.4. The van der Waals surface area contributed by atoms with E-state index in [1.165, 1.54) is 0 Å². The molecule has 0 spiro atoms. The van der Waals surface area contributed by atoms with Gasteiger partial charge in [-0.3, -0.25) is 0 Å². The molecule has 0 heterocycles. The largest absolute Gasteiger partial charge is 0.390 e. The maximum absolute atomic E-state index is 12.1. The fraction of sp³-hybridized carbons (Fsp3) is 0.571. The number of halogens is 3. The van der Waals surface area contributed by atoms with Crippen LogP contribution in [0.4, 0.5) is 13.2 Å². The second-order valence-electron chi connectivity index (χ2n) is 4.91. The smallest absolute Gasteiger partial charge is 0.310 e. The van der Waals surface area contributed by atoms with Crippen LogP contribution in [0.15, 0.2) is 30.3 Å². The molecule has 1 unspecified atom stereocenters. The van der Waals surface area contributed by atoms with Gasteiger partial charge in [0.2, 0.25) is 0 Å². The van der Waals surface area contributed by atoms with Gasteiger partial charge in [-0.05, 0) is 17.9 Å². The van der Waals surface area contributed by atoms with Crippen molar-refractivity contribution in [3.05, 3.63) is 35.9 Å². The molecule has 0 bridgehead atoms. The first-order valence-corrected chi connectivity index (χ1v) is 6.23. The molecule has 0 aliphatic rings. The SMILES string of the molecule is CC(C)CC(NCCC(F)(F)F)c1ccccc1. The number of hydrogen-bond acceptors (Lipinski definition) is 1. The van der Waals surface area contributed by atoms with Crippen LogP contribution in [0.5, 0.6) is 0 Å². The van der Waals surface area contributed by atoms with E-state index in [0.717, 1.165) is 12.0 Å². The van der Waals surface area contributed by atoms with Crippen molar-refractivity contribution in [3.8, 4) is 0 Å². The third-order valence-electron chi connectivity index (χ3n) is 2.71. The molecule has 4 heteroatoms. The van der Waals surface area contributed by atoms with Gasteiger partial charge >= 0.3 is 6.18 Å². The third-order valence-corrected chi connectivity index (χ3v) is 2.71. The average Bonchev–Trinajstić information content (AvgIpc) is 2.27. The van der Waals surface area contributed by atoms with E-state index < -0.39 is 12.6 Å². The Morgan fingerprint density at radius 2 is 1.72 bits per heavy atom. The van der Waals surface area contributed by atoms with Gasteiger partial charge in [0.15, 0.2) is 0 Å². The van der Waals surface area contributed by atoms with Gasteiger partial charge in [0.25, 0.3) is 0 Å². The van der Waals surface area contributed by atoms with E-state index in [2.05, 4.69) is 19.2 Å². The van der Waals surface area contributed by atoms with Crippen molar-refractivity contribution < 1.29 is 13.2 Å². The molecular weight excluding hydrogens is 239 g/mol. The van der Waals surface area contributed by atoms with Gasteiger partial charge in [-0.1, -0.05) is 44.2 Å². The van der Waals surface area contributed by atoms with Gasteiger partial charge in [-0.2, -0.15) is 13.2 Å². The molecule has 1 atom stereocenters. The summed E-state index contributed by atoms with van der Waals surface area (Å²) in [6, 6.07) is 9.63. The fourth-order valence-electron chi connectivity index (χ4n) is 1.88. The van der Waals surface area contributed by atoms with Crippen LogP contribution in [0.3, 0.4) is 0 Å².